The molecule has 18 heavy (non-hydrogen) atoms. The minimum atomic E-state index is -1.89. The Balaban J connectivity index is 2.52. The average Bonchev–Trinajstić information content (AvgIpc) is 2.63. The Kier molecular flexibility index (Phi) is 3.40. The van der Waals surface area contributed by atoms with Crippen LogP contribution >= 0.6 is 0 Å². The highest BCUT2D eigenvalue weighted by molar-refractivity contribution is 6.32. The Morgan fingerprint density at radius 3 is 2.33 bits per heavy atom. The number of hydrogen-bond acceptors (Lipinski definition) is 4. The van der Waals surface area contributed by atoms with Gasteiger partial charge in [-0.3, -0.25) is 0 Å². The van der Waals surface area contributed by atoms with Crippen LogP contribution in [0.5, 0.6) is 0 Å². The molecule has 0 aliphatic rings. The number of benzene rings is 1. The van der Waals surface area contributed by atoms with E-state index in [-0.39, 0.29) is 0 Å². The molecule has 0 aliphatic heterocycles. The topological polar surface area (TPSA) is 67.5 Å². The van der Waals surface area contributed by atoms with E-state index >= 15 is 0 Å². The Hall–Kier alpha value is -1.79. The third kappa shape index (κ3) is 2.39. The molecule has 0 amide bonds. The van der Waals surface area contributed by atoms with Crippen LogP contribution in [0.15, 0.2) is 24.4 Å². The molecule has 2 aromatic rings. The normalized spacial score (nSPS) is 10.5. The predicted molar refractivity (Wildman–Crippen MR) is 68.6 cm³/mol. The standard InChI is InChI=1S/C12H15BN2O3/c1-8-6-9(2)12(10(3)7-8)11-4-5-14-15(11)18-13(16)17/h4-7,16-17H,1-3H3. The summed E-state index contributed by atoms with van der Waals surface area (Å²) in [7, 11) is -1.89. The van der Waals surface area contributed by atoms with E-state index in [0.29, 0.717) is 5.69 Å². The molecule has 1 heterocycles. The summed E-state index contributed by atoms with van der Waals surface area (Å²) in [4.78, 5) is 1.12. The van der Waals surface area contributed by atoms with Crippen molar-refractivity contribution >= 4 is 7.32 Å². The van der Waals surface area contributed by atoms with Gasteiger partial charge in [-0.1, -0.05) is 17.7 Å². The van der Waals surface area contributed by atoms with Crippen molar-refractivity contribution < 1.29 is 14.8 Å². The van der Waals surface area contributed by atoms with E-state index in [0.717, 1.165) is 21.5 Å². The molecule has 0 saturated heterocycles. The molecule has 0 saturated carbocycles. The number of aryl methyl sites for hydroxylation is 3. The molecule has 1 aromatic carbocycles. The van der Waals surface area contributed by atoms with Crippen LogP contribution < -0.4 is 4.76 Å². The fraction of sp³-hybridized carbons (Fsp3) is 0.250. The summed E-state index contributed by atoms with van der Waals surface area (Å²) in [5.74, 6) is 0. The SMILES string of the molecule is Cc1cc(C)c(-c2ccnn2OB(O)O)c(C)c1. The van der Waals surface area contributed by atoms with Crippen molar-refractivity contribution in [3.05, 3.63) is 41.1 Å². The second-order valence-corrected chi connectivity index (χ2v) is 4.29. The van der Waals surface area contributed by atoms with Gasteiger partial charge in [0, 0.05) is 5.56 Å². The molecule has 0 fully saturated rings. The third-order valence-electron chi connectivity index (χ3n) is 2.74. The molecule has 0 aliphatic carbocycles. The summed E-state index contributed by atoms with van der Waals surface area (Å²) in [6.45, 7) is 6.04. The maximum Gasteiger partial charge on any atom is 0.729 e. The van der Waals surface area contributed by atoms with Crippen LogP contribution in [0.2, 0.25) is 0 Å². The van der Waals surface area contributed by atoms with Crippen molar-refractivity contribution in [2.24, 2.45) is 0 Å². The zero-order valence-electron chi connectivity index (χ0n) is 10.6. The van der Waals surface area contributed by atoms with E-state index < -0.39 is 7.32 Å². The van der Waals surface area contributed by atoms with E-state index in [1.807, 2.05) is 20.8 Å². The van der Waals surface area contributed by atoms with Gasteiger partial charge in [0.25, 0.3) is 0 Å². The van der Waals surface area contributed by atoms with Gasteiger partial charge in [0.1, 0.15) is 5.69 Å². The van der Waals surface area contributed by atoms with Crippen molar-refractivity contribution in [1.29, 1.82) is 0 Å². The highest BCUT2D eigenvalue weighted by atomic mass is 16.7. The molecule has 0 unspecified atom stereocenters. The largest absolute Gasteiger partial charge is 0.729 e. The van der Waals surface area contributed by atoms with E-state index in [9.17, 15) is 0 Å². The Morgan fingerprint density at radius 1 is 1.17 bits per heavy atom. The molecule has 94 valence electrons. The highest BCUT2D eigenvalue weighted by Crippen LogP contribution is 2.27. The van der Waals surface area contributed by atoms with Crippen molar-refractivity contribution in [2.45, 2.75) is 20.8 Å². The molecule has 1 aromatic heterocycles. The van der Waals surface area contributed by atoms with Crippen molar-refractivity contribution in [2.75, 3.05) is 0 Å². The van der Waals surface area contributed by atoms with Crippen LogP contribution in [-0.4, -0.2) is 27.3 Å². The van der Waals surface area contributed by atoms with Crippen LogP contribution in [0, 0.1) is 20.8 Å². The van der Waals surface area contributed by atoms with Crippen LogP contribution in [-0.2, 0) is 0 Å². The fourth-order valence-corrected chi connectivity index (χ4v) is 2.23. The van der Waals surface area contributed by atoms with E-state index in [2.05, 4.69) is 17.2 Å². The van der Waals surface area contributed by atoms with Gasteiger partial charge in [-0.15, -0.1) is 9.94 Å². The summed E-state index contributed by atoms with van der Waals surface area (Å²) in [5.41, 5.74) is 5.04. The summed E-state index contributed by atoms with van der Waals surface area (Å²) in [6, 6.07) is 5.90. The number of nitrogens with zero attached hydrogens (tertiary/aromatic N) is 2. The predicted octanol–water partition coefficient (Wildman–Crippen LogP) is 0.873. The van der Waals surface area contributed by atoms with Gasteiger partial charge in [-0.05, 0) is 38.0 Å². The molecular formula is C12H15BN2O3. The molecular weight excluding hydrogens is 231 g/mol. The molecule has 0 radical (unpaired) electrons. The molecule has 5 nitrogen and oxygen atoms in total. The average molecular weight is 246 g/mol. The lowest BCUT2D eigenvalue weighted by atomic mass is 9.97. The summed E-state index contributed by atoms with van der Waals surface area (Å²) in [5, 5.41) is 21.6. The maximum absolute atomic E-state index is 8.85. The zero-order valence-corrected chi connectivity index (χ0v) is 10.6. The summed E-state index contributed by atoms with van der Waals surface area (Å²) >= 11 is 0. The smallest absolute Gasteiger partial charge is 0.405 e. The second-order valence-electron chi connectivity index (χ2n) is 4.29. The third-order valence-corrected chi connectivity index (χ3v) is 2.74. The van der Waals surface area contributed by atoms with Crippen LogP contribution in [0.4, 0.5) is 0 Å². The minimum absolute atomic E-state index is 0.693. The first-order valence-corrected chi connectivity index (χ1v) is 5.64. The molecule has 2 N–H and O–H groups in total. The van der Waals surface area contributed by atoms with Crippen molar-refractivity contribution in [1.82, 2.24) is 9.94 Å². The number of aromatic nitrogens is 2. The molecule has 0 bridgehead atoms. The molecule has 6 heteroatoms. The number of hydrogen-bond donors (Lipinski definition) is 2. The quantitative estimate of drug-likeness (QED) is 0.788. The summed E-state index contributed by atoms with van der Waals surface area (Å²) in [6.07, 6.45) is 1.55. The molecule has 0 spiro atoms. The van der Waals surface area contributed by atoms with Crippen molar-refractivity contribution in [3.63, 3.8) is 0 Å². The van der Waals surface area contributed by atoms with E-state index in [1.54, 1.807) is 12.3 Å². The lowest BCUT2D eigenvalue weighted by molar-refractivity contribution is 0.144. The van der Waals surface area contributed by atoms with Gasteiger partial charge in [0.2, 0.25) is 0 Å². The van der Waals surface area contributed by atoms with Gasteiger partial charge < -0.3 is 14.8 Å². The lowest BCUT2D eigenvalue weighted by Crippen LogP contribution is -2.30. The second kappa shape index (κ2) is 4.84. The Bertz CT molecular complexity index is 543. The van der Waals surface area contributed by atoms with Gasteiger partial charge >= 0.3 is 7.32 Å². The van der Waals surface area contributed by atoms with Crippen LogP contribution in [0.25, 0.3) is 11.3 Å². The first-order chi connectivity index (χ1) is 8.49. The van der Waals surface area contributed by atoms with Gasteiger partial charge in [0.05, 0.1) is 6.20 Å². The number of rotatable bonds is 3. The molecule has 2 rings (SSSR count). The first kappa shape index (κ1) is 12.7. The van der Waals surface area contributed by atoms with Crippen LogP contribution in [0.3, 0.4) is 0 Å². The van der Waals surface area contributed by atoms with Gasteiger partial charge in [-0.25, -0.2) is 0 Å². The lowest BCUT2D eigenvalue weighted by Gasteiger charge is -2.13. The van der Waals surface area contributed by atoms with Crippen LogP contribution in [0.1, 0.15) is 16.7 Å². The summed E-state index contributed by atoms with van der Waals surface area (Å²) < 4.78 is 4.80. The van der Waals surface area contributed by atoms with Crippen molar-refractivity contribution in [3.8, 4) is 11.3 Å². The zero-order chi connectivity index (χ0) is 13.3. The highest BCUT2D eigenvalue weighted by Gasteiger charge is 2.17. The van der Waals surface area contributed by atoms with E-state index in [1.165, 1.54) is 5.56 Å². The van der Waals surface area contributed by atoms with Gasteiger partial charge in [-0.2, -0.15) is 0 Å². The fourth-order valence-electron chi connectivity index (χ4n) is 2.23. The Morgan fingerprint density at radius 2 is 1.78 bits per heavy atom. The maximum atomic E-state index is 8.85. The molecule has 0 atom stereocenters. The minimum Gasteiger partial charge on any atom is -0.405 e. The monoisotopic (exact) mass is 246 g/mol. The Labute approximate surface area is 106 Å². The van der Waals surface area contributed by atoms with E-state index in [4.69, 9.17) is 14.8 Å². The van der Waals surface area contributed by atoms with Gasteiger partial charge in [0.15, 0.2) is 0 Å². The first-order valence-electron chi connectivity index (χ1n) is 5.64.